The first-order valence-electron chi connectivity index (χ1n) is 12.2. The molecule has 2 aliphatic heterocycles. The Morgan fingerprint density at radius 2 is 1.74 bits per heavy atom. The van der Waals surface area contributed by atoms with Crippen LogP contribution in [0.1, 0.15) is 35.4 Å². The maximum atomic E-state index is 13.1. The second-order valence-corrected chi connectivity index (χ2v) is 9.06. The molecule has 0 spiro atoms. The number of nitrogens with one attached hydrogen (secondary N) is 1. The molecule has 2 fully saturated rings. The lowest BCUT2D eigenvalue weighted by Gasteiger charge is -2.30. The molecule has 2 aliphatic rings. The average Bonchev–Trinajstić information content (AvgIpc) is 3.18. The van der Waals surface area contributed by atoms with Gasteiger partial charge in [-0.25, -0.2) is 9.78 Å². The number of anilines is 1. The van der Waals surface area contributed by atoms with E-state index in [2.05, 4.69) is 51.3 Å². The first-order valence-corrected chi connectivity index (χ1v) is 12.2. The summed E-state index contributed by atoms with van der Waals surface area (Å²) in [4.78, 5) is 21.7. The van der Waals surface area contributed by atoms with Crippen molar-refractivity contribution >= 4 is 11.7 Å². The van der Waals surface area contributed by atoms with Gasteiger partial charge in [0.2, 0.25) is 5.88 Å². The summed E-state index contributed by atoms with van der Waals surface area (Å²) in [7, 11) is 1.58. The van der Waals surface area contributed by atoms with Crippen molar-refractivity contribution < 1.29 is 9.53 Å². The van der Waals surface area contributed by atoms with Gasteiger partial charge in [-0.1, -0.05) is 42.2 Å². The third-order valence-corrected chi connectivity index (χ3v) is 6.89. The fraction of sp³-hybridized carbons (Fsp3) is 0.310. The van der Waals surface area contributed by atoms with E-state index in [1.807, 2.05) is 41.3 Å². The smallest absolute Gasteiger partial charge is 0.321 e. The van der Waals surface area contributed by atoms with Crippen molar-refractivity contribution in [1.29, 1.82) is 0 Å². The van der Waals surface area contributed by atoms with Gasteiger partial charge in [0.15, 0.2) is 0 Å². The van der Waals surface area contributed by atoms with Crippen molar-refractivity contribution in [2.24, 2.45) is 0 Å². The molecule has 0 unspecified atom stereocenters. The number of pyridine rings is 1. The lowest BCUT2D eigenvalue weighted by atomic mass is 9.91. The summed E-state index contributed by atoms with van der Waals surface area (Å²) >= 11 is 0. The largest absolute Gasteiger partial charge is 0.481 e. The Kier molecular flexibility index (Phi) is 6.97. The second-order valence-electron chi connectivity index (χ2n) is 9.06. The summed E-state index contributed by atoms with van der Waals surface area (Å²) in [6, 6.07) is 22.5. The maximum Gasteiger partial charge on any atom is 0.321 e. The van der Waals surface area contributed by atoms with Gasteiger partial charge in [0.05, 0.1) is 19.0 Å². The molecular weight excluding hydrogens is 436 g/mol. The van der Waals surface area contributed by atoms with Crippen molar-refractivity contribution in [2.45, 2.75) is 24.8 Å². The monoisotopic (exact) mass is 466 g/mol. The van der Waals surface area contributed by atoms with Gasteiger partial charge >= 0.3 is 6.03 Å². The fourth-order valence-corrected chi connectivity index (χ4v) is 5.05. The molecule has 0 aliphatic carbocycles. The van der Waals surface area contributed by atoms with Crippen LogP contribution >= 0.6 is 0 Å². The molecule has 1 N–H and O–H groups in total. The molecule has 178 valence electrons. The normalized spacial score (nSPS) is 19.7. The van der Waals surface area contributed by atoms with Crippen LogP contribution < -0.4 is 10.1 Å². The topological polar surface area (TPSA) is 57.7 Å². The predicted octanol–water partition coefficient (Wildman–Crippen LogP) is 4.59. The number of benzene rings is 2. The zero-order chi connectivity index (χ0) is 24.0. The van der Waals surface area contributed by atoms with E-state index in [1.165, 1.54) is 5.56 Å². The van der Waals surface area contributed by atoms with E-state index in [0.29, 0.717) is 23.5 Å². The molecule has 0 bridgehead atoms. The van der Waals surface area contributed by atoms with E-state index < -0.39 is 0 Å². The Labute approximate surface area is 206 Å². The minimum atomic E-state index is -0.0731. The highest BCUT2D eigenvalue weighted by atomic mass is 16.5. The van der Waals surface area contributed by atoms with Gasteiger partial charge in [0.1, 0.15) is 0 Å². The Morgan fingerprint density at radius 3 is 2.46 bits per heavy atom. The quantitative estimate of drug-likeness (QED) is 0.574. The van der Waals surface area contributed by atoms with Crippen LogP contribution in [0, 0.1) is 11.8 Å². The van der Waals surface area contributed by atoms with Gasteiger partial charge in [0.25, 0.3) is 0 Å². The fourth-order valence-electron chi connectivity index (χ4n) is 5.05. The van der Waals surface area contributed by atoms with Crippen LogP contribution in [0.25, 0.3) is 0 Å². The van der Waals surface area contributed by atoms with E-state index in [9.17, 15) is 4.79 Å². The Balaban J connectivity index is 1.26. The molecule has 6 nitrogen and oxygen atoms in total. The van der Waals surface area contributed by atoms with Gasteiger partial charge in [-0.2, -0.15) is 0 Å². The maximum absolute atomic E-state index is 13.1. The van der Waals surface area contributed by atoms with Crippen molar-refractivity contribution in [3.05, 3.63) is 89.6 Å². The van der Waals surface area contributed by atoms with E-state index in [-0.39, 0.29) is 6.03 Å². The number of fused-ring (bicyclic) bond motifs is 1. The van der Waals surface area contributed by atoms with Gasteiger partial charge in [0, 0.05) is 48.8 Å². The van der Waals surface area contributed by atoms with E-state index in [1.54, 1.807) is 19.4 Å². The highest BCUT2D eigenvalue weighted by molar-refractivity contribution is 5.89. The second kappa shape index (κ2) is 10.6. The molecule has 0 saturated carbocycles. The lowest BCUT2D eigenvalue weighted by molar-refractivity contribution is 0.197. The number of aromatic nitrogens is 1. The number of nitrogens with zero attached hydrogens (tertiary/aromatic N) is 3. The summed E-state index contributed by atoms with van der Waals surface area (Å²) in [5, 5.41) is 3.00. The van der Waals surface area contributed by atoms with Gasteiger partial charge in [-0.3, -0.25) is 4.90 Å². The molecular formula is C29H30N4O2. The Hall–Kier alpha value is -3.82. The van der Waals surface area contributed by atoms with Crippen LogP contribution in [-0.2, 0) is 0 Å². The molecule has 2 saturated heterocycles. The summed E-state index contributed by atoms with van der Waals surface area (Å²) in [5.41, 5.74) is 4.03. The van der Waals surface area contributed by atoms with Crippen LogP contribution in [-0.4, -0.2) is 60.1 Å². The number of methoxy groups -OCH3 is 1. The Bertz CT molecular complexity index is 1200. The van der Waals surface area contributed by atoms with Crippen molar-refractivity contribution in [2.75, 3.05) is 38.6 Å². The van der Waals surface area contributed by atoms with Gasteiger partial charge < -0.3 is 15.0 Å². The van der Waals surface area contributed by atoms with E-state index >= 15 is 0 Å². The number of carbonyl (C=O) groups is 1. The van der Waals surface area contributed by atoms with Gasteiger partial charge in [-0.15, -0.1) is 0 Å². The number of hydrogen-bond donors (Lipinski definition) is 1. The van der Waals surface area contributed by atoms with Crippen LogP contribution in [0.3, 0.4) is 0 Å². The summed E-state index contributed by atoms with van der Waals surface area (Å²) in [6.07, 6.45) is 3.71. The minimum Gasteiger partial charge on any atom is -0.481 e. The third kappa shape index (κ3) is 5.47. The van der Waals surface area contributed by atoms with Crippen LogP contribution in [0.15, 0.2) is 72.9 Å². The van der Waals surface area contributed by atoms with Crippen LogP contribution in [0.4, 0.5) is 10.5 Å². The molecule has 2 amide bonds. The molecule has 2 atom stereocenters. The standard InChI is InChI=1S/C29H30N4O2/c1-35-28-15-14-25(20-30-28)31-29(34)33-18-5-17-32-19-16-26(27(32)21-33)24-12-10-23(11-13-24)9-8-22-6-3-2-4-7-22/h2-4,6-7,10-15,20,26-27H,5,16-19,21H2,1H3,(H,31,34)/t26-,27+/m1/s1. The predicted molar refractivity (Wildman–Crippen MR) is 138 cm³/mol. The first-order chi connectivity index (χ1) is 17.2. The molecule has 2 aromatic carbocycles. The van der Waals surface area contributed by atoms with E-state index in [4.69, 9.17) is 4.74 Å². The first kappa shape index (κ1) is 22.9. The van der Waals surface area contributed by atoms with Gasteiger partial charge in [-0.05, 0) is 55.3 Å². The zero-order valence-corrected chi connectivity index (χ0v) is 20.0. The minimum absolute atomic E-state index is 0.0731. The molecule has 3 aromatic rings. The number of urea groups is 1. The molecule has 0 radical (unpaired) electrons. The SMILES string of the molecule is COc1ccc(NC(=O)N2CCCN3CC[C@H](c4ccc(C#Cc5ccccc5)cc4)[C@@H]3C2)cn1. The zero-order valence-electron chi connectivity index (χ0n) is 20.0. The molecule has 5 rings (SSSR count). The van der Waals surface area contributed by atoms with Crippen molar-refractivity contribution in [3.8, 4) is 17.7 Å². The van der Waals surface area contributed by atoms with Crippen LogP contribution in [0.2, 0.25) is 0 Å². The van der Waals surface area contributed by atoms with E-state index in [0.717, 1.165) is 50.1 Å². The lowest BCUT2D eigenvalue weighted by Crippen LogP contribution is -2.43. The highest BCUT2D eigenvalue weighted by Crippen LogP contribution is 2.35. The number of carbonyl (C=O) groups excluding carboxylic acids is 1. The summed E-state index contributed by atoms with van der Waals surface area (Å²) < 4.78 is 5.10. The van der Waals surface area contributed by atoms with Crippen molar-refractivity contribution in [1.82, 2.24) is 14.8 Å². The summed E-state index contributed by atoms with van der Waals surface area (Å²) in [5.74, 6) is 7.42. The molecule has 6 heteroatoms. The average molecular weight is 467 g/mol. The van der Waals surface area contributed by atoms with Crippen molar-refractivity contribution in [3.63, 3.8) is 0 Å². The third-order valence-electron chi connectivity index (χ3n) is 6.89. The molecule has 3 heterocycles. The number of rotatable bonds is 3. The number of amides is 2. The highest BCUT2D eigenvalue weighted by Gasteiger charge is 2.38. The molecule has 35 heavy (non-hydrogen) atoms. The molecule has 1 aromatic heterocycles. The number of ether oxygens (including phenoxy) is 1. The van der Waals surface area contributed by atoms with Crippen LogP contribution in [0.5, 0.6) is 5.88 Å². The number of hydrogen-bond acceptors (Lipinski definition) is 4. The Morgan fingerprint density at radius 1 is 0.971 bits per heavy atom. The summed E-state index contributed by atoms with van der Waals surface area (Å²) in [6.45, 7) is 3.57.